The van der Waals surface area contributed by atoms with E-state index in [1.54, 1.807) is 13.8 Å². The molecule has 0 saturated heterocycles. The summed E-state index contributed by atoms with van der Waals surface area (Å²) in [7, 11) is 0. The lowest BCUT2D eigenvalue weighted by molar-refractivity contribution is -0.145. The molecular formula is C12H17NO3. The van der Waals surface area contributed by atoms with Gasteiger partial charge < -0.3 is 5.11 Å². The highest BCUT2D eigenvalue weighted by atomic mass is 16.7. The molecule has 4 heteroatoms. The van der Waals surface area contributed by atoms with Gasteiger partial charge in [-0.05, 0) is 11.5 Å². The smallest absolute Gasteiger partial charge is 0.272 e. The summed E-state index contributed by atoms with van der Waals surface area (Å²) in [6, 6.07) is 9.48. The summed E-state index contributed by atoms with van der Waals surface area (Å²) in [5.74, 6) is -0.633. The molecular weight excluding hydrogens is 206 g/mol. The quantitative estimate of drug-likeness (QED) is 0.739. The van der Waals surface area contributed by atoms with E-state index in [1.807, 2.05) is 30.3 Å². The predicted octanol–water partition coefficient (Wildman–Crippen LogP) is 1.25. The predicted molar refractivity (Wildman–Crippen MR) is 60.2 cm³/mol. The van der Waals surface area contributed by atoms with Crippen LogP contribution >= 0.6 is 0 Å². The summed E-state index contributed by atoms with van der Waals surface area (Å²) < 4.78 is 0. The number of amides is 1. The Balaban J connectivity index is 2.28. The van der Waals surface area contributed by atoms with Gasteiger partial charge >= 0.3 is 0 Å². The van der Waals surface area contributed by atoms with E-state index in [0.717, 1.165) is 5.56 Å². The van der Waals surface area contributed by atoms with Crippen LogP contribution in [0.4, 0.5) is 0 Å². The van der Waals surface area contributed by atoms with Crippen LogP contribution in [-0.4, -0.2) is 17.1 Å². The number of hydrogen-bond acceptors (Lipinski definition) is 3. The third-order valence-electron chi connectivity index (χ3n) is 2.15. The Morgan fingerprint density at radius 2 is 2.00 bits per heavy atom. The van der Waals surface area contributed by atoms with Crippen molar-refractivity contribution in [2.75, 3.05) is 0 Å². The molecule has 0 aliphatic heterocycles. The fourth-order valence-corrected chi connectivity index (χ4v) is 1.13. The summed E-state index contributed by atoms with van der Waals surface area (Å²) in [6.45, 7) is 3.82. The molecule has 0 aliphatic rings. The van der Waals surface area contributed by atoms with E-state index in [-0.39, 0.29) is 12.5 Å². The molecule has 88 valence electrons. The highest BCUT2D eigenvalue weighted by Crippen LogP contribution is 2.02. The number of aliphatic hydroxyl groups excluding tert-OH is 1. The molecule has 0 fully saturated rings. The number of hydroxylamine groups is 1. The van der Waals surface area contributed by atoms with Crippen LogP contribution in [0.15, 0.2) is 30.3 Å². The van der Waals surface area contributed by atoms with Crippen molar-refractivity contribution in [3.8, 4) is 0 Å². The molecule has 1 unspecified atom stereocenters. The van der Waals surface area contributed by atoms with E-state index in [4.69, 9.17) is 4.84 Å². The van der Waals surface area contributed by atoms with E-state index in [0.29, 0.717) is 0 Å². The van der Waals surface area contributed by atoms with E-state index >= 15 is 0 Å². The minimum Gasteiger partial charge on any atom is -0.383 e. The van der Waals surface area contributed by atoms with Crippen molar-refractivity contribution in [3.63, 3.8) is 0 Å². The number of benzene rings is 1. The molecule has 0 heterocycles. The first-order valence-electron chi connectivity index (χ1n) is 5.25. The van der Waals surface area contributed by atoms with Crippen LogP contribution in [0, 0.1) is 5.92 Å². The van der Waals surface area contributed by atoms with Gasteiger partial charge in [-0.1, -0.05) is 44.2 Å². The molecule has 4 nitrogen and oxygen atoms in total. The molecule has 1 rings (SSSR count). The highest BCUT2D eigenvalue weighted by Gasteiger charge is 2.18. The number of carbonyl (C=O) groups excluding carboxylic acids is 1. The third kappa shape index (κ3) is 4.00. The second-order valence-corrected chi connectivity index (χ2v) is 3.93. The maximum atomic E-state index is 11.3. The Bertz CT molecular complexity index is 324. The van der Waals surface area contributed by atoms with Crippen molar-refractivity contribution >= 4 is 5.91 Å². The van der Waals surface area contributed by atoms with Crippen LogP contribution in [-0.2, 0) is 16.2 Å². The molecule has 2 N–H and O–H groups in total. The maximum absolute atomic E-state index is 11.3. The Morgan fingerprint density at radius 1 is 1.38 bits per heavy atom. The summed E-state index contributed by atoms with van der Waals surface area (Å²) in [5.41, 5.74) is 3.18. The molecule has 0 saturated carbocycles. The summed E-state index contributed by atoms with van der Waals surface area (Å²) in [5, 5.41) is 9.40. The van der Waals surface area contributed by atoms with E-state index < -0.39 is 12.0 Å². The van der Waals surface area contributed by atoms with Gasteiger partial charge in [-0.25, -0.2) is 5.48 Å². The molecule has 0 aliphatic carbocycles. The van der Waals surface area contributed by atoms with Crippen LogP contribution in [0.25, 0.3) is 0 Å². The average molecular weight is 223 g/mol. The molecule has 1 amide bonds. The van der Waals surface area contributed by atoms with Gasteiger partial charge in [0, 0.05) is 0 Å². The minimum atomic E-state index is -1.03. The standard InChI is InChI=1S/C12H17NO3/c1-9(2)11(14)12(15)13-16-8-10-6-4-3-5-7-10/h3-7,9,11,14H,8H2,1-2H3,(H,13,15). The van der Waals surface area contributed by atoms with Gasteiger partial charge in [0.05, 0.1) is 6.61 Å². The van der Waals surface area contributed by atoms with Crippen LogP contribution in [0.1, 0.15) is 19.4 Å². The highest BCUT2D eigenvalue weighted by molar-refractivity contribution is 5.79. The Morgan fingerprint density at radius 3 is 2.56 bits per heavy atom. The lowest BCUT2D eigenvalue weighted by Crippen LogP contribution is -2.37. The Labute approximate surface area is 95.2 Å². The van der Waals surface area contributed by atoms with Crippen molar-refractivity contribution < 1.29 is 14.7 Å². The summed E-state index contributed by atoms with van der Waals surface area (Å²) >= 11 is 0. The molecule has 0 spiro atoms. The van der Waals surface area contributed by atoms with Gasteiger partial charge in [-0.15, -0.1) is 0 Å². The first kappa shape index (κ1) is 12.7. The van der Waals surface area contributed by atoms with Crippen molar-refractivity contribution in [1.82, 2.24) is 5.48 Å². The van der Waals surface area contributed by atoms with E-state index in [9.17, 15) is 9.90 Å². The topological polar surface area (TPSA) is 58.6 Å². The van der Waals surface area contributed by atoms with Crippen molar-refractivity contribution in [1.29, 1.82) is 0 Å². The zero-order valence-corrected chi connectivity index (χ0v) is 9.51. The second kappa shape index (κ2) is 6.25. The van der Waals surface area contributed by atoms with Crippen LogP contribution in [0.3, 0.4) is 0 Å². The van der Waals surface area contributed by atoms with Gasteiger partial charge in [-0.3, -0.25) is 9.63 Å². The third-order valence-corrected chi connectivity index (χ3v) is 2.15. The normalized spacial score (nSPS) is 12.5. The van der Waals surface area contributed by atoms with Crippen LogP contribution in [0.2, 0.25) is 0 Å². The largest absolute Gasteiger partial charge is 0.383 e. The molecule has 0 radical (unpaired) electrons. The van der Waals surface area contributed by atoms with E-state index in [2.05, 4.69) is 5.48 Å². The lowest BCUT2D eigenvalue weighted by Gasteiger charge is -2.13. The van der Waals surface area contributed by atoms with Crippen molar-refractivity contribution in [2.24, 2.45) is 5.92 Å². The van der Waals surface area contributed by atoms with Gasteiger partial charge in [0.2, 0.25) is 0 Å². The molecule has 0 aromatic heterocycles. The lowest BCUT2D eigenvalue weighted by atomic mass is 10.1. The average Bonchev–Trinajstić information content (AvgIpc) is 2.29. The zero-order chi connectivity index (χ0) is 12.0. The SMILES string of the molecule is CC(C)C(O)C(=O)NOCc1ccccc1. The van der Waals surface area contributed by atoms with Gasteiger partial charge in [0.15, 0.2) is 0 Å². The molecule has 1 aromatic rings. The molecule has 0 bridgehead atoms. The molecule has 16 heavy (non-hydrogen) atoms. The second-order valence-electron chi connectivity index (χ2n) is 3.93. The number of aliphatic hydroxyl groups is 1. The monoisotopic (exact) mass is 223 g/mol. The first-order valence-corrected chi connectivity index (χ1v) is 5.25. The van der Waals surface area contributed by atoms with Crippen LogP contribution in [0.5, 0.6) is 0 Å². The summed E-state index contributed by atoms with van der Waals surface area (Å²) in [4.78, 5) is 16.3. The summed E-state index contributed by atoms with van der Waals surface area (Å²) in [6.07, 6.45) is -1.03. The van der Waals surface area contributed by atoms with E-state index in [1.165, 1.54) is 0 Å². The van der Waals surface area contributed by atoms with Gasteiger partial charge in [0.25, 0.3) is 5.91 Å². The van der Waals surface area contributed by atoms with Crippen molar-refractivity contribution in [3.05, 3.63) is 35.9 Å². The van der Waals surface area contributed by atoms with Crippen LogP contribution < -0.4 is 5.48 Å². The first-order chi connectivity index (χ1) is 7.61. The number of hydrogen-bond donors (Lipinski definition) is 2. The fourth-order valence-electron chi connectivity index (χ4n) is 1.13. The number of nitrogens with one attached hydrogen (secondary N) is 1. The number of rotatable bonds is 5. The Kier molecular flexibility index (Phi) is 4.95. The Hall–Kier alpha value is -1.39. The molecule has 1 aromatic carbocycles. The number of carbonyl (C=O) groups is 1. The zero-order valence-electron chi connectivity index (χ0n) is 9.51. The van der Waals surface area contributed by atoms with Gasteiger partial charge in [-0.2, -0.15) is 0 Å². The maximum Gasteiger partial charge on any atom is 0.272 e. The minimum absolute atomic E-state index is 0.125. The fraction of sp³-hybridized carbons (Fsp3) is 0.417. The van der Waals surface area contributed by atoms with Crippen molar-refractivity contribution in [2.45, 2.75) is 26.6 Å². The van der Waals surface area contributed by atoms with Gasteiger partial charge in [0.1, 0.15) is 6.10 Å². The molecule has 1 atom stereocenters.